The molecule has 8 aromatic carbocycles. The average molecular weight is 722 g/mol. The molecule has 0 aliphatic rings. The lowest BCUT2D eigenvalue weighted by Gasteiger charge is -2.12. The highest BCUT2D eigenvalue weighted by molar-refractivity contribution is 6.14. The zero-order valence-electron chi connectivity index (χ0n) is 34.8. The Labute approximate surface area is 329 Å². The van der Waals surface area contributed by atoms with Crippen LogP contribution in [-0.4, -0.2) is 19.5 Å². The molecule has 0 saturated heterocycles. The highest BCUT2D eigenvalue weighted by Crippen LogP contribution is 2.42. The second-order valence-corrected chi connectivity index (χ2v) is 13.7. The van der Waals surface area contributed by atoms with Gasteiger partial charge in [-0.3, -0.25) is 0 Å². The van der Waals surface area contributed by atoms with E-state index >= 15 is 0 Å². The molecule has 11 rings (SSSR count). The van der Waals surface area contributed by atoms with Crippen LogP contribution in [0.2, 0.25) is 0 Å². The second kappa shape index (κ2) is 13.0. The van der Waals surface area contributed by atoms with Gasteiger partial charge in [0.1, 0.15) is 5.58 Å². The first-order valence-corrected chi connectivity index (χ1v) is 18.4. The fraction of sp³-hybridized carbons (Fsp3) is 0. The number of hydrogen-bond donors (Lipinski definition) is 0. The Hall–Kier alpha value is -7.63. The van der Waals surface area contributed by atoms with E-state index in [2.05, 4.69) is 47.0 Å². The predicted molar refractivity (Wildman–Crippen MR) is 229 cm³/mol. The van der Waals surface area contributed by atoms with Crippen LogP contribution in [0.15, 0.2) is 198 Å². The van der Waals surface area contributed by atoms with E-state index in [1.165, 1.54) is 0 Å². The van der Waals surface area contributed by atoms with Gasteiger partial charge in [-0.15, -0.1) is 0 Å². The molecule has 0 atom stereocenters. The van der Waals surface area contributed by atoms with E-state index in [4.69, 9.17) is 26.2 Å². The summed E-state index contributed by atoms with van der Waals surface area (Å²) in [6.45, 7) is 0. The maximum absolute atomic E-state index is 9.00. The van der Waals surface area contributed by atoms with Crippen LogP contribution in [0, 0.1) is 0 Å². The van der Waals surface area contributed by atoms with Gasteiger partial charge in [-0.2, -0.15) is 0 Å². The number of fused-ring (bicyclic) bond motifs is 6. The fourth-order valence-electron chi connectivity index (χ4n) is 7.68. The van der Waals surface area contributed by atoms with Crippen molar-refractivity contribution in [1.29, 1.82) is 0 Å². The summed E-state index contributed by atoms with van der Waals surface area (Å²) in [5, 5.41) is 3.57. The molecule has 0 saturated carbocycles. The molecule has 0 amide bonds. The molecule has 3 aromatic heterocycles. The monoisotopic (exact) mass is 721 g/mol. The van der Waals surface area contributed by atoms with E-state index in [1.807, 2.05) is 121 Å². The molecule has 56 heavy (non-hydrogen) atoms. The van der Waals surface area contributed by atoms with Crippen LogP contribution >= 0.6 is 0 Å². The van der Waals surface area contributed by atoms with Crippen LogP contribution in [0.3, 0.4) is 0 Å². The molecule has 0 radical (unpaired) electrons. The first-order chi connectivity index (χ1) is 29.8. The summed E-state index contributed by atoms with van der Waals surface area (Å²) in [4.78, 5) is 14.8. The van der Waals surface area contributed by atoms with Crippen LogP contribution in [0.5, 0.6) is 0 Å². The van der Waals surface area contributed by atoms with E-state index in [9.17, 15) is 0 Å². The Bertz CT molecular complexity index is 3450. The summed E-state index contributed by atoms with van der Waals surface area (Å²) < 4.78 is 52.5. The molecule has 5 nitrogen and oxygen atoms in total. The minimum absolute atomic E-state index is 0.109. The number of rotatable bonds is 6. The normalized spacial score (nSPS) is 12.8. The summed E-state index contributed by atoms with van der Waals surface area (Å²) in [6, 6.07) is 52.3. The van der Waals surface area contributed by atoms with Gasteiger partial charge in [0.25, 0.3) is 0 Å². The van der Waals surface area contributed by atoms with E-state index < -0.39 is 18.1 Å². The minimum atomic E-state index is -0.443. The number of nitrogens with zero attached hydrogens (tertiary/aromatic N) is 4. The number of furan rings is 1. The van der Waals surface area contributed by atoms with Crippen molar-refractivity contribution < 1.29 is 11.3 Å². The Morgan fingerprint density at radius 2 is 0.964 bits per heavy atom. The maximum Gasteiger partial charge on any atom is 0.164 e. The summed E-state index contributed by atoms with van der Waals surface area (Å²) in [6.07, 6.45) is 0. The van der Waals surface area contributed by atoms with Crippen molar-refractivity contribution in [1.82, 2.24) is 19.5 Å². The molecule has 0 spiro atoms. The molecule has 262 valence electrons. The van der Waals surface area contributed by atoms with Gasteiger partial charge >= 0.3 is 0 Å². The standard InChI is InChI=1S/C51H32N4O/c1-5-15-33(16-6-1)37-25-27-41-40-23-13-14-24-44(40)55(45(41)30-37)46-31-39(34-17-7-2-8-18-34)29-43-42-28-26-38(32-47(42)56-48(43)46)51-53-49(35-19-9-3-10-20-35)52-50(54-51)36-21-11-4-12-22-36/h1-32H/i2D,7D,8D,17D,18D. The summed E-state index contributed by atoms with van der Waals surface area (Å²) in [7, 11) is 0. The third-order valence-electron chi connectivity index (χ3n) is 10.3. The highest BCUT2D eigenvalue weighted by atomic mass is 16.3. The van der Waals surface area contributed by atoms with Gasteiger partial charge in [-0.1, -0.05) is 158 Å². The zero-order valence-corrected chi connectivity index (χ0v) is 29.8. The van der Waals surface area contributed by atoms with Crippen LogP contribution in [0.4, 0.5) is 0 Å². The lowest BCUT2D eigenvalue weighted by Crippen LogP contribution is -2.00. The van der Waals surface area contributed by atoms with Gasteiger partial charge in [0.2, 0.25) is 0 Å². The smallest absolute Gasteiger partial charge is 0.164 e. The highest BCUT2D eigenvalue weighted by Gasteiger charge is 2.21. The minimum Gasteiger partial charge on any atom is -0.454 e. The van der Waals surface area contributed by atoms with E-state index in [0.29, 0.717) is 39.9 Å². The summed E-state index contributed by atoms with van der Waals surface area (Å²) in [5.41, 5.74) is 8.77. The van der Waals surface area contributed by atoms with Crippen LogP contribution in [-0.2, 0) is 0 Å². The molecule has 0 aliphatic heterocycles. The van der Waals surface area contributed by atoms with Crippen molar-refractivity contribution in [3.8, 4) is 62.1 Å². The molecule has 0 N–H and O–H groups in total. The van der Waals surface area contributed by atoms with Gasteiger partial charge in [0.15, 0.2) is 23.1 Å². The predicted octanol–water partition coefficient (Wildman–Crippen LogP) is 13.2. The van der Waals surface area contributed by atoms with Gasteiger partial charge in [0.05, 0.1) is 23.6 Å². The fourth-order valence-corrected chi connectivity index (χ4v) is 7.68. The largest absolute Gasteiger partial charge is 0.454 e. The van der Waals surface area contributed by atoms with Crippen molar-refractivity contribution in [2.75, 3.05) is 0 Å². The number of benzene rings is 8. The average Bonchev–Trinajstić information content (AvgIpc) is 3.86. The number of hydrogen-bond acceptors (Lipinski definition) is 4. The molecule has 0 unspecified atom stereocenters. The number of para-hydroxylation sites is 1. The molecule has 5 heteroatoms. The van der Waals surface area contributed by atoms with Crippen LogP contribution < -0.4 is 0 Å². The van der Waals surface area contributed by atoms with Crippen molar-refractivity contribution in [2.45, 2.75) is 0 Å². The number of aromatic nitrogens is 4. The summed E-state index contributed by atoms with van der Waals surface area (Å²) in [5.74, 6) is 1.56. The molecular weight excluding hydrogens is 685 g/mol. The molecule has 0 bridgehead atoms. The summed E-state index contributed by atoms with van der Waals surface area (Å²) >= 11 is 0. The maximum atomic E-state index is 9.00. The third-order valence-corrected chi connectivity index (χ3v) is 10.3. The molecule has 0 aliphatic carbocycles. The molecule has 3 heterocycles. The van der Waals surface area contributed by atoms with Gasteiger partial charge in [0, 0.05) is 38.2 Å². The lowest BCUT2D eigenvalue weighted by atomic mass is 10.0. The van der Waals surface area contributed by atoms with Gasteiger partial charge in [-0.25, -0.2) is 15.0 Å². The lowest BCUT2D eigenvalue weighted by molar-refractivity contribution is 0.666. The van der Waals surface area contributed by atoms with E-state index in [1.54, 1.807) is 0 Å². The van der Waals surface area contributed by atoms with Crippen LogP contribution in [0.1, 0.15) is 6.85 Å². The van der Waals surface area contributed by atoms with Gasteiger partial charge in [-0.05, 0) is 58.7 Å². The van der Waals surface area contributed by atoms with Crippen molar-refractivity contribution in [3.63, 3.8) is 0 Å². The molecule has 0 fully saturated rings. The molecule has 11 aromatic rings. The first-order valence-electron chi connectivity index (χ1n) is 20.9. The van der Waals surface area contributed by atoms with E-state index in [0.717, 1.165) is 60.4 Å². The van der Waals surface area contributed by atoms with Crippen molar-refractivity contribution in [2.24, 2.45) is 0 Å². The second-order valence-electron chi connectivity index (χ2n) is 13.7. The van der Waals surface area contributed by atoms with Crippen molar-refractivity contribution in [3.05, 3.63) is 194 Å². The van der Waals surface area contributed by atoms with Crippen LogP contribution in [0.25, 0.3) is 106 Å². The Morgan fingerprint density at radius 1 is 0.393 bits per heavy atom. The Kier molecular flexibility index (Phi) is 6.29. The van der Waals surface area contributed by atoms with Gasteiger partial charge < -0.3 is 8.98 Å². The SMILES string of the molecule is [2H]c1c([2H])c([2H])c(-c2cc(-n3c4ccccc4c4ccc(-c5ccccc5)cc43)c3oc4cc(-c5nc(-c6ccccc6)nc(-c6ccccc6)n5)ccc4c3c2)c([2H])c1[2H]. The topological polar surface area (TPSA) is 56.7 Å². The quantitative estimate of drug-likeness (QED) is 0.172. The molecular formula is C51H32N4O. The zero-order chi connectivity index (χ0) is 41.4. The Morgan fingerprint density at radius 3 is 1.66 bits per heavy atom. The van der Waals surface area contributed by atoms with Crippen molar-refractivity contribution >= 4 is 43.7 Å². The Balaban J connectivity index is 1.20. The van der Waals surface area contributed by atoms with E-state index in [-0.39, 0.29) is 17.6 Å². The third kappa shape index (κ3) is 5.37. The first kappa shape index (κ1) is 27.0.